The van der Waals surface area contributed by atoms with Crippen molar-refractivity contribution in [2.45, 2.75) is 39.2 Å². The van der Waals surface area contributed by atoms with Crippen molar-refractivity contribution in [3.05, 3.63) is 39.9 Å². The molecule has 156 valence electrons. The van der Waals surface area contributed by atoms with Crippen LogP contribution >= 0.6 is 0 Å². The zero-order chi connectivity index (χ0) is 20.0. The molecule has 0 amide bonds. The summed E-state index contributed by atoms with van der Waals surface area (Å²) in [6.07, 6.45) is 4.81. The number of nitro benzene ring substituents is 1. The average molecular weight is 392 g/mol. The molecule has 1 fully saturated rings. The van der Waals surface area contributed by atoms with Gasteiger partial charge < -0.3 is 15.4 Å². The van der Waals surface area contributed by atoms with Gasteiger partial charge in [0.1, 0.15) is 0 Å². The van der Waals surface area contributed by atoms with Gasteiger partial charge in [-0.15, -0.1) is 0 Å². The van der Waals surface area contributed by atoms with E-state index in [1.54, 1.807) is 12.1 Å². The lowest BCUT2D eigenvalue weighted by Crippen LogP contribution is -2.44. The Bertz CT molecular complexity index is 600. The van der Waals surface area contributed by atoms with Crippen LogP contribution in [0.5, 0.6) is 0 Å². The number of benzene rings is 1. The van der Waals surface area contributed by atoms with E-state index in [0.717, 1.165) is 63.9 Å². The molecule has 0 saturated carbocycles. The molecule has 1 aliphatic rings. The van der Waals surface area contributed by atoms with Crippen LogP contribution in [0, 0.1) is 10.1 Å². The van der Waals surface area contributed by atoms with Crippen LogP contribution in [-0.2, 0) is 11.3 Å². The van der Waals surface area contributed by atoms with E-state index >= 15 is 0 Å². The van der Waals surface area contributed by atoms with Crippen molar-refractivity contribution < 1.29 is 9.66 Å². The third kappa shape index (κ3) is 8.67. The summed E-state index contributed by atoms with van der Waals surface area (Å²) in [6.45, 7) is 8.91. The molecule has 0 spiro atoms. The number of nitro groups is 1. The second-order valence-corrected chi connectivity index (χ2v) is 6.96. The first kappa shape index (κ1) is 22.1. The summed E-state index contributed by atoms with van der Waals surface area (Å²) in [5.41, 5.74) is 1.05. The van der Waals surface area contributed by atoms with Gasteiger partial charge in [-0.05, 0) is 12.0 Å². The molecule has 28 heavy (non-hydrogen) atoms. The predicted octanol–water partition coefficient (Wildman–Crippen LogP) is 2.54. The highest BCUT2D eigenvalue weighted by Crippen LogP contribution is 2.12. The second kappa shape index (κ2) is 13.1. The number of ether oxygens (including phenoxy) is 1. The molecule has 8 heteroatoms. The molecule has 1 aromatic carbocycles. The molecule has 0 aliphatic carbocycles. The van der Waals surface area contributed by atoms with Crippen molar-refractivity contribution in [1.82, 2.24) is 15.5 Å². The largest absolute Gasteiger partial charge is 0.379 e. The van der Waals surface area contributed by atoms with E-state index in [2.05, 4.69) is 27.4 Å². The number of morpholine rings is 1. The van der Waals surface area contributed by atoms with Crippen molar-refractivity contribution in [3.63, 3.8) is 0 Å². The summed E-state index contributed by atoms with van der Waals surface area (Å²) in [5.74, 6) is 0.795. The fourth-order valence-corrected chi connectivity index (χ4v) is 2.98. The van der Waals surface area contributed by atoms with Gasteiger partial charge in [-0.2, -0.15) is 0 Å². The van der Waals surface area contributed by atoms with Crippen molar-refractivity contribution in [1.29, 1.82) is 0 Å². The number of guanidine groups is 1. The minimum Gasteiger partial charge on any atom is -0.379 e. The Morgan fingerprint density at radius 1 is 1.14 bits per heavy atom. The molecular weight excluding hydrogens is 358 g/mol. The van der Waals surface area contributed by atoms with Crippen molar-refractivity contribution in [2.75, 3.05) is 45.9 Å². The highest BCUT2D eigenvalue weighted by molar-refractivity contribution is 5.79. The third-order valence-corrected chi connectivity index (χ3v) is 4.71. The summed E-state index contributed by atoms with van der Waals surface area (Å²) in [7, 11) is 0. The van der Waals surface area contributed by atoms with E-state index in [9.17, 15) is 10.1 Å². The maximum atomic E-state index is 10.8. The standard InChI is InChI=1S/C20H33N5O3/c1-2-3-4-5-10-21-20(22-11-12-24-13-15-28-16-14-24)23-17-18-6-8-19(9-7-18)25(26)27/h6-9H,2-5,10-17H2,1H3,(H2,21,22,23). The molecule has 2 N–H and O–H groups in total. The minimum absolute atomic E-state index is 0.102. The molecule has 0 unspecified atom stereocenters. The van der Waals surface area contributed by atoms with Gasteiger partial charge in [0.25, 0.3) is 5.69 Å². The van der Waals surface area contributed by atoms with Crippen LogP contribution in [0.2, 0.25) is 0 Å². The Morgan fingerprint density at radius 2 is 1.86 bits per heavy atom. The Kier molecular flexibility index (Phi) is 10.3. The van der Waals surface area contributed by atoms with Crippen LogP contribution < -0.4 is 10.6 Å². The van der Waals surface area contributed by atoms with Crippen LogP contribution in [-0.4, -0.2) is 61.7 Å². The first-order valence-electron chi connectivity index (χ1n) is 10.2. The first-order valence-corrected chi connectivity index (χ1v) is 10.2. The number of rotatable bonds is 11. The van der Waals surface area contributed by atoms with E-state index in [-0.39, 0.29) is 10.6 Å². The molecular formula is C20H33N5O3. The van der Waals surface area contributed by atoms with E-state index in [0.29, 0.717) is 6.54 Å². The molecule has 0 radical (unpaired) electrons. The fourth-order valence-electron chi connectivity index (χ4n) is 2.98. The first-order chi connectivity index (χ1) is 13.7. The Morgan fingerprint density at radius 3 is 2.54 bits per heavy atom. The molecule has 8 nitrogen and oxygen atoms in total. The van der Waals surface area contributed by atoms with Crippen LogP contribution in [0.15, 0.2) is 29.3 Å². The Balaban J connectivity index is 1.83. The number of nitrogens with zero attached hydrogens (tertiary/aromatic N) is 3. The summed E-state index contributed by atoms with van der Waals surface area (Å²) in [6, 6.07) is 6.56. The molecule has 1 aliphatic heterocycles. The molecule has 1 heterocycles. The smallest absolute Gasteiger partial charge is 0.269 e. The number of nitrogens with one attached hydrogen (secondary N) is 2. The molecule has 0 aromatic heterocycles. The van der Waals surface area contributed by atoms with Gasteiger partial charge in [-0.25, -0.2) is 4.99 Å². The van der Waals surface area contributed by atoms with Gasteiger partial charge in [-0.3, -0.25) is 15.0 Å². The van der Waals surface area contributed by atoms with Gasteiger partial charge in [-0.1, -0.05) is 38.3 Å². The van der Waals surface area contributed by atoms with E-state index in [4.69, 9.17) is 4.74 Å². The molecule has 1 saturated heterocycles. The predicted molar refractivity (Wildman–Crippen MR) is 112 cm³/mol. The quantitative estimate of drug-likeness (QED) is 0.198. The fraction of sp³-hybridized carbons (Fsp3) is 0.650. The summed E-state index contributed by atoms with van der Waals surface area (Å²) >= 11 is 0. The third-order valence-electron chi connectivity index (χ3n) is 4.71. The lowest BCUT2D eigenvalue weighted by atomic mass is 10.2. The summed E-state index contributed by atoms with van der Waals surface area (Å²) in [4.78, 5) is 17.4. The number of hydrogen-bond donors (Lipinski definition) is 2. The van der Waals surface area contributed by atoms with Gasteiger partial charge in [0, 0.05) is 44.9 Å². The number of unbranched alkanes of at least 4 members (excludes halogenated alkanes) is 3. The van der Waals surface area contributed by atoms with E-state index in [1.165, 1.54) is 31.4 Å². The van der Waals surface area contributed by atoms with Crippen LogP contribution in [0.25, 0.3) is 0 Å². The highest BCUT2D eigenvalue weighted by atomic mass is 16.6. The lowest BCUT2D eigenvalue weighted by Gasteiger charge is -2.26. The summed E-state index contributed by atoms with van der Waals surface area (Å²) in [5, 5.41) is 17.6. The van der Waals surface area contributed by atoms with Gasteiger partial charge in [0.2, 0.25) is 0 Å². The van der Waals surface area contributed by atoms with Crippen LogP contribution in [0.1, 0.15) is 38.2 Å². The van der Waals surface area contributed by atoms with Crippen molar-refractivity contribution in [3.8, 4) is 0 Å². The normalized spacial score (nSPS) is 15.4. The zero-order valence-electron chi connectivity index (χ0n) is 16.9. The molecule has 0 atom stereocenters. The zero-order valence-corrected chi connectivity index (χ0v) is 16.9. The number of hydrogen-bond acceptors (Lipinski definition) is 5. The Labute approximate surface area is 167 Å². The maximum Gasteiger partial charge on any atom is 0.269 e. The van der Waals surface area contributed by atoms with E-state index in [1.807, 2.05) is 0 Å². The maximum absolute atomic E-state index is 10.8. The molecule has 1 aromatic rings. The van der Waals surface area contributed by atoms with Crippen molar-refractivity contribution in [2.24, 2.45) is 4.99 Å². The van der Waals surface area contributed by atoms with Crippen LogP contribution in [0.4, 0.5) is 5.69 Å². The number of aliphatic imine (C=N–C) groups is 1. The van der Waals surface area contributed by atoms with Gasteiger partial charge in [0.15, 0.2) is 5.96 Å². The van der Waals surface area contributed by atoms with Gasteiger partial charge >= 0.3 is 0 Å². The van der Waals surface area contributed by atoms with E-state index < -0.39 is 0 Å². The topological polar surface area (TPSA) is 92.0 Å². The lowest BCUT2D eigenvalue weighted by molar-refractivity contribution is -0.384. The SMILES string of the molecule is CCCCCCNC(=NCc1ccc([N+](=O)[O-])cc1)NCCN1CCOCC1. The Hall–Kier alpha value is -2.19. The van der Waals surface area contributed by atoms with Gasteiger partial charge in [0.05, 0.1) is 24.7 Å². The second-order valence-electron chi connectivity index (χ2n) is 6.96. The van der Waals surface area contributed by atoms with Crippen LogP contribution in [0.3, 0.4) is 0 Å². The summed E-state index contributed by atoms with van der Waals surface area (Å²) < 4.78 is 5.38. The molecule has 2 rings (SSSR count). The number of non-ortho nitro benzene ring substituents is 1. The average Bonchev–Trinajstić information content (AvgIpc) is 2.72. The highest BCUT2D eigenvalue weighted by Gasteiger charge is 2.10. The monoisotopic (exact) mass is 391 g/mol. The van der Waals surface area contributed by atoms with Crippen molar-refractivity contribution >= 4 is 11.6 Å². The minimum atomic E-state index is -0.385. The molecule has 0 bridgehead atoms.